The van der Waals surface area contributed by atoms with Gasteiger partial charge in [0.25, 0.3) is 11.8 Å². The molecule has 14 heteroatoms. The molecule has 0 spiro atoms. The van der Waals surface area contributed by atoms with Crippen LogP contribution in [-0.2, 0) is 24.6 Å². The topological polar surface area (TPSA) is 135 Å². The third kappa shape index (κ3) is 6.22. The number of benzene rings is 5. The van der Waals surface area contributed by atoms with E-state index in [1.807, 2.05) is 49.3 Å². The Kier molecular flexibility index (Phi) is 9.58. The molecule has 0 bridgehead atoms. The van der Waals surface area contributed by atoms with E-state index >= 15 is 9.18 Å². The van der Waals surface area contributed by atoms with Crippen LogP contribution in [0.2, 0.25) is 5.02 Å². The second kappa shape index (κ2) is 14.8. The number of carbonyl (C=O) groups excluding carboxylic acids is 4. The van der Waals surface area contributed by atoms with Crippen molar-refractivity contribution in [1.29, 1.82) is 0 Å². The number of fused-ring (bicyclic) bond motifs is 4. The highest BCUT2D eigenvalue weighted by molar-refractivity contribution is 6.30. The molecule has 3 fully saturated rings. The molecule has 0 aromatic heterocycles. The minimum absolute atomic E-state index is 0.000563. The summed E-state index contributed by atoms with van der Waals surface area (Å²) in [5, 5.41) is 20.2. The maximum Gasteiger partial charge on any atom is 0.260 e. The Bertz CT molecular complexity index is 2620. The second-order valence-corrected chi connectivity index (χ2v) is 16.2. The molecule has 302 valence electrons. The molecule has 0 radical (unpaired) electrons. The highest BCUT2D eigenvalue weighted by Gasteiger charge is 2.70. The Labute approximate surface area is 348 Å². The van der Waals surface area contributed by atoms with Crippen LogP contribution < -0.4 is 15.2 Å². The van der Waals surface area contributed by atoms with E-state index in [2.05, 4.69) is 15.7 Å². The van der Waals surface area contributed by atoms with E-state index in [0.29, 0.717) is 33.2 Å². The van der Waals surface area contributed by atoms with Gasteiger partial charge in [0.2, 0.25) is 11.8 Å². The number of rotatable bonds is 8. The van der Waals surface area contributed by atoms with Crippen molar-refractivity contribution in [3.05, 3.63) is 155 Å². The van der Waals surface area contributed by atoms with Crippen LogP contribution in [0.1, 0.15) is 29.9 Å². The molecule has 2 saturated heterocycles. The molecular weight excluding hydrogens is 790 g/mol. The Morgan fingerprint density at radius 1 is 0.783 bits per heavy atom. The fourth-order valence-corrected chi connectivity index (χ4v) is 9.71. The summed E-state index contributed by atoms with van der Waals surface area (Å²) in [6.45, 7) is 0. The first kappa shape index (κ1) is 38.8. The van der Waals surface area contributed by atoms with Crippen molar-refractivity contribution in [2.45, 2.75) is 24.2 Å². The molecule has 2 heterocycles. The summed E-state index contributed by atoms with van der Waals surface area (Å²) in [5.41, 5.74) is 5.31. The van der Waals surface area contributed by atoms with Crippen LogP contribution >= 0.6 is 11.6 Å². The normalized spacial score (nSPS) is 24.7. The van der Waals surface area contributed by atoms with Crippen molar-refractivity contribution >= 4 is 63.7 Å². The number of anilines is 3. The van der Waals surface area contributed by atoms with Gasteiger partial charge in [-0.2, -0.15) is 15.2 Å². The summed E-state index contributed by atoms with van der Waals surface area (Å²) >= 11 is 6.35. The van der Waals surface area contributed by atoms with E-state index in [1.165, 1.54) is 41.3 Å². The molecule has 5 aromatic carbocycles. The van der Waals surface area contributed by atoms with Gasteiger partial charge in [0.15, 0.2) is 11.6 Å². The monoisotopic (exact) mass is 826 g/mol. The van der Waals surface area contributed by atoms with Crippen LogP contribution in [0.15, 0.2) is 137 Å². The smallest absolute Gasteiger partial charge is 0.260 e. The standard InChI is InChI=1S/C46H37ClF2N6O5/c1-53(2)32-16-12-29(13-17-32)50-51-30-14-18-33(19-15-30)54-42(57)35-21-20-34-36(40(35)44(54)59)24-37-43(58)55(52-31-10-8-28(48)9-11-31)45(60)46(37,26-4-6-27(47)7-5-26)41(34)25-3-22-39(56)38(49)23-25/h3-20,22-23,35-37,40-41,52,56H,21,24H2,1-2H3. The zero-order valence-corrected chi connectivity index (χ0v) is 33.1. The van der Waals surface area contributed by atoms with E-state index in [0.717, 1.165) is 16.8 Å². The largest absolute Gasteiger partial charge is 0.505 e. The van der Waals surface area contributed by atoms with E-state index in [-0.39, 0.29) is 24.1 Å². The molecule has 4 amide bonds. The Balaban J connectivity index is 1.10. The number of nitrogens with zero attached hydrogens (tertiary/aromatic N) is 5. The number of amides is 4. The number of hydrazine groups is 1. The summed E-state index contributed by atoms with van der Waals surface area (Å²) in [5.74, 6) is -8.72. The number of aromatic hydroxyl groups is 1. The zero-order chi connectivity index (χ0) is 42.0. The minimum Gasteiger partial charge on any atom is -0.505 e. The molecule has 4 aliphatic rings. The van der Waals surface area contributed by atoms with Crippen molar-refractivity contribution in [1.82, 2.24) is 5.01 Å². The first-order chi connectivity index (χ1) is 28.9. The fourth-order valence-electron chi connectivity index (χ4n) is 9.59. The van der Waals surface area contributed by atoms with Gasteiger partial charge in [-0.1, -0.05) is 41.4 Å². The SMILES string of the molecule is CN(C)c1ccc(N=Nc2ccc(N3C(=O)C4CC=C5C(CC6C(=O)N(Nc7ccc(F)cc7)C(=O)C6(c6ccc(Cl)cc6)C5c5ccc(O)c(F)c5)C4C3=O)cc2)cc1. The average molecular weight is 827 g/mol. The number of imide groups is 2. The van der Waals surface area contributed by atoms with Crippen molar-refractivity contribution in [2.75, 3.05) is 29.3 Å². The predicted molar refractivity (Wildman–Crippen MR) is 221 cm³/mol. The summed E-state index contributed by atoms with van der Waals surface area (Å²) in [6.07, 6.45) is 2.00. The van der Waals surface area contributed by atoms with Crippen molar-refractivity contribution < 1.29 is 33.1 Å². The van der Waals surface area contributed by atoms with Crippen molar-refractivity contribution in [3.8, 4) is 5.75 Å². The molecule has 11 nitrogen and oxygen atoms in total. The molecular formula is C46H37ClF2N6O5. The fraction of sp³-hybridized carbons (Fsp3) is 0.217. The van der Waals surface area contributed by atoms with Gasteiger partial charge in [-0.3, -0.25) is 29.5 Å². The quantitative estimate of drug-likeness (QED) is 0.0906. The molecule has 2 N–H and O–H groups in total. The van der Waals surface area contributed by atoms with Gasteiger partial charge in [-0.25, -0.2) is 8.78 Å². The Morgan fingerprint density at radius 2 is 1.43 bits per heavy atom. The average Bonchev–Trinajstić information content (AvgIpc) is 3.63. The second-order valence-electron chi connectivity index (χ2n) is 15.7. The van der Waals surface area contributed by atoms with Gasteiger partial charge in [-0.15, -0.1) is 0 Å². The summed E-state index contributed by atoms with van der Waals surface area (Å²) in [4.78, 5) is 62.1. The molecule has 2 aliphatic carbocycles. The highest BCUT2D eigenvalue weighted by atomic mass is 35.5. The van der Waals surface area contributed by atoms with Crippen LogP contribution in [0.3, 0.4) is 0 Å². The van der Waals surface area contributed by atoms with E-state index < -0.39 is 76.0 Å². The first-order valence-corrected chi connectivity index (χ1v) is 19.8. The lowest BCUT2D eigenvalue weighted by molar-refractivity contribution is -0.138. The highest BCUT2D eigenvalue weighted by Crippen LogP contribution is 2.64. The number of azo groups is 1. The van der Waals surface area contributed by atoms with Gasteiger partial charge < -0.3 is 10.0 Å². The molecule has 6 unspecified atom stereocenters. The molecule has 60 heavy (non-hydrogen) atoms. The van der Waals surface area contributed by atoms with Crippen molar-refractivity contribution in [3.63, 3.8) is 0 Å². The van der Waals surface area contributed by atoms with Crippen LogP contribution in [0, 0.1) is 35.3 Å². The zero-order valence-electron chi connectivity index (χ0n) is 32.3. The van der Waals surface area contributed by atoms with Gasteiger partial charge in [0.05, 0.1) is 45.9 Å². The first-order valence-electron chi connectivity index (χ1n) is 19.4. The van der Waals surface area contributed by atoms with Crippen LogP contribution in [0.5, 0.6) is 5.75 Å². The third-order valence-corrected chi connectivity index (χ3v) is 12.6. The number of phenols is 1. The van der Waals surface area contributed by atoms with E-state index in [9.17, 15) is 23.9 Å². The van der Waals surface area contributed by atoms with Crippen molar-refractivity contribution in [2.24, 2.45) is 33.9 Å². The number of carbonyl (C=O) groups is 4. The molecule has 9 rings (SSSR count). The number of nitrogens with one attached hydrogen (secondary N) is 1. The molecule has 1 saturated carbocycles. The van der Waals surface area contributed by atoms with E-state index in [1.54, 1.807) is 48.5 Å². The number of allylic oxidation sites excluding steroid dienone is 2. The summed E-state index contributed by atoms with van der Waals surface area (Å²) in [7, 11) is 3.89. The summed E-state index contributed by atoms with van der Waals surface area (Å²) < 4.78 is 29.3. The number of hydrogen-bond donors (Lipinski definition) is 2. The van der Waals surface area contributed by atoms with Gasteiger partial charge >= 0.3 is 0 Å². The Hall–Kier alpha value is -6.73. The third-order valence-electron chi connectivity index (χ3n) is 12.3. The van der Waals surface area contributed by atoms with Gasteiger partial charge in [0.1, 0.15) is 5.82 Å². The van der Waals surface area contributed by atoms with Crippen LogP contribution in [0.4, 0.5) is 37.2 Å². The van der Waals surface area contributed by atoms with E-state index in [4.69, 9.17) is 11.6 Å². The minimum atomic E-state index is -1.70. The van der Waals surface area contributed by atoms with Gasteiger partial charge in [-0.05, 0) is 127 Å². The molecule has 2 aliphatic heterocycles. The molecule has 6 atom stereocenters. The maximum absolute atomic E-state index is 15.4. The predicted octanol–water partition coefficient (Wildman–Crippen LogP) is 8.99. The molecule has 5 aromatic rings. The van der Waals surface area contributed by atoms with Crippen LogP contribution in [-0.4, -0.2) is 47.8 Å². The lowest BCUT2D eigenvalue weighted by Gasteiger charge is -2.50. The lowest BCUT2D eigenvalue weighted by atomic mass is 9.49. The van der Waals surface area contributed by atoms with Crippen LogP contribution in [0.25, 0.3) is 0 Å². The number of phenolic OH excluding ortho intramolecular Hbond substituents is 1. The summed E-state index contributed by atoms with van der Waals surface area (Å²) in [6, 6.07) is 29.7. The maximum atomic E-state index is 15.4. The Morgan fingerprint density at radius 3 is 2.07 bits per heavy atom. The number of hydrogen-bond acceptors (Lipinski definition) is 9. The lowest BCUT2D eigenvalue weighted by Crippen LogP contribution is -2.53. The number of halogens is 3. The van der Waals surface area contributed by atoms with Gasteiger partial charge in [0, 0.05) is 30.7 Å².